The molecule has 0 spiro atoms. The summed E-state index contributed by atoms with van der Waals surface area (Å²) in [4.78, 5) is 49.7. The van der Waals surface area contributed by atoms with E-state index in [4.69, 9.17) is 9.47 Å². The Kier molecular flexibility index (Phi) is 7.26. The summed E-state index contributed by atoms with van der Waals surface area (Å²) < 4.78 is 22.2. The van der Waals surface area contributed by atoms with Crippen LogP contribution in [0.15, 0.2) is 78.9 Å². The van der Waals surface area contributed by atoms with Crippen molar-refractivity contribution in [2.24, 2.45) is 0 Å². The number of halogens is 1. The first-order valence-corrected chi connectivity index (χ1v) is 11.4. The van der Waals surface area contributed by atoms with Crippen LogP contribution in [0.1, 0.15) is 21.5 Å². The molecule has 1 aliphatic heterocycles. The molecule has 35 heavy (non-hydrogen) atoms. The summed E-state index contributed by atoms with van der Waals surface area (Å²) in [5.41, 5.74) is 1.67. The van der Waals surface area contributed by atoms with E-state index < -0.39 is 27.7 Å². The van der Waals surface area contributed by atoms with E-state index in [0.29, 0.717) is 28.6 Å². The number of rotatable bonds is 9. The fourth-order valence-corrected chi connectivity index (χ4v) is 4.43. The lowest BCUT2D eigenvalue weighted by molar-refractivity contribution is -0.150. The monoisotopic (exact) mass is 493 g/mol. The molecule has 178 valence electrons. The van der Waals surface area contributed by atoms with Gasteiger partial charge in [-0.1, -0.05) is 42.5 Å². The number of nitrogens with one attached hydrogen (secondary N) is 1. The van der Waals surface area contributed by atoms with Gasteiger partial charge in [-0.25, -0.2) is 9.18 Å². The van der Waals surface area contributed by atoms with Crippen molar-refractivity contribution >= 4 is 34.7 Å². The van der Waals surface area contributed by atoms with Crippen LogP contribution >= 0.6 is 11.8 Å². The van der Waals surface area contributed by atoms with Gasteiger partial charge in [0.2, 0.25) is 4.75 Å². The van der Waals surface area contributed by atoms with Crippen molar-refractivity contribution in [1.29, 1.82) is 0 Å². The third-order valence-corrected chi connectivity index (χ3v) is 6.44. The van der Waals surface area contributed by atoms with Crippen LogP contribution in [0.2, 0.25) is 0 Å². The van der Waals surface area contributed by atoms with Gasteiger partial charge >= 0.3 is 5.97 Å². The molecular weight excluding hydrogens is 473 g/mol. The second kappa shape index (κ2) is 10.5. The highest BCUT2D eigenvalue weighted by Crippen LogP contribution is 2.37. The second-order valence-electron chi connectivity index (χ2n) is 7.77. The van der Waals surface area contributed by atoms with Crippen molar-refractivity contribution in [3.05, 3.63) is 101 Å². The number of benzene rings is 3. The largest absolute Gasteiger partial charge is 0.485 e. The molecule has 1 heterocycles. The fourth-order valence-electron chi connectivity index (χ4n) is 3.45. The summed E-state index contributed by atoms with van der Waals surface area (Å²) in [5.74, 6) is -1.89. The maximum Gasteiger partial charge on any atom is 0.333 e. The lowest BCUT2D eigenvalue weighted by Gasteiger charge is -2.22. The summed E-state index contributed by atoms with van der Waals surface area (Å²) in [5, 5.41) is 1.55. The highest BCUT2D eigenvalue weighted by molar-refractivity contribution is 8.16. The zero-order chi connectivity index (χ0) is 24.8. The molecule has 0 unspecified atom stereocenters. The van der Waals surface area contributed by atoms with Crippen LogP contribution in [0.3, 0.4) is 0 Å². The maximum atomic E-state index is 13.0. The zero-order valence-electron chi connectivity index (χ0n) is 18.4. The van der Waals surface area contributed by atoms with Gasteiger partial charge in [0.15, 0.2) is 12.4 Å². The quantitative estimate of drug-likeness (QED) is 0.272. The standard InChI is InChI=1S/C26H20FNO6S/c27-20-10-8-19(9-11-20)22(29)16-33-21-12-6-17(7-13-21)14-26(23(30)28-25(32)35-26)24(31)34-15-18-4-2-1-3-5-18/h1-13H,14-16H2,(H,28,30,32)/t26-/m1/s1. The molecule has 1 aliphatic rings. The van der Waals surface area contributed by atoms with Gasteiger partial charge in [-0.2, -0.15) is 0 Å². The fraction of sp³-hybridized carbons (Fsp3) is 0.154. The topological polar surface area (TPSA) is 98.8 Å². The molecule has 3 aromatic rings. The molecule has 3 aromatic carbocycles. The van der Waals surface area contributed by atoms with Gasteiger partial charge in [0.1, 0.15) is 18.2 Å². The molecule has 2 amide bonds. The predicted molar refractivity (Wildman–Crippen MR) is 126 cm³/mol. The Hall–Kier alpha value is -3.98. The lowest BCUT2D eigenvalue weighted by Crippen LogP contribution is -2.46. The Bertz CT molecular complexity index is 1250. The number of ether oxygens (including phenoxy) is 2. The molecule has 0 radical (unpaired) electrons. The lowest BCUT2D eigenvalue weighted by atomic mass is 9.97. The van der Waals surface area contributed by atoms with Crippen molar-refractivity contribution < 1.29 is 33.0 Å². The molecule has 1 fully saturated rings. The highest BCUT2D eigenvalue weighted by Gasteiger charge is 2.55. The number of imide groups is 1. The van der Waals surface area contributed by atoms with Crippen molar-refractivity contribution in [3.8, 4) is 5.75 Å². The Morgan fingerprint density at radius 1 is 0.886 bits per heavy atom. The van der Waals surface area contributed by atoms with Crippen molar-refractivity contribution in [2.75, 3.05) is 6.61 Å². The van der Waals surface area contributed by atoms with Gasteiger partial charge in [-0.05, 0) is 59.3 Å². The van der Waals surface area contributed by atoms with E-state index in [2.05, 4.69) is 5.32 Å². The Balaban J connectivity index is 1.41. The SMILES string of the molecule is O=C1NC(=O)[C@](Cc2ccc(OCC(=O)c3ccc(F)cc3)cc2)(C(=O)OCc2ccccc2)S1. The molecule has 0 bridgehead atoms. The molecular formula is C26H20FNO6S. The van der Waals surface area contributed by atoms with E-state index in [1.807, 2.05) is 6.07 Å². The molecule has 1 atom stereocenters. The molecule has 0 aliphatic carbocycles. The number of hydrogen-bond acceptors (Lipinski definition) is 7. The van der Waals surface area contributed by atoms with Crippen molar-refractivity contribution in [1.82, 2.24) is 5.32 Å². The minimum atomic E-state index is -1.74. The Labute approximate surface area is 204 Å². The molecule has 9 heteroatoms. The van der Waals surface area contributed by atoms with E-state index in [1.54, 1.807) is 48.5 Å². The average molecular weight is 494 g/mol. The highest BCUT2D eigenvalue weighted by atomic mass is 32.2. The zero-order valence-corrected chi connectivity index (χ0v) is 19.2. The summed E-state index contributed by atoms with van der Waals surface area (Å²) in [6, 6.07) is 20.6. The van der Waals surface area contributed by atoms with Gasteiger partial charge in [0, 0.05) is 12.0 Å². The number of esters is 1. The Morgan fingerprint density at radius 3 is 2.20 bits per heavy atom. The molecule has 1 N–H and O–H groups in total. The van der Waals surface area contributed by atoms with Crippen LogP contribution < -0.4 is 10.1 Å². The van der Waals surface area contributed by atoms with Crippen molar-refractivity contribution in [2.45, 2.75) is 17.8 Å². The first kappa shape index (κ1) is 24.2. The van der Waals surface area contributed by atoms with Gasteiger partial charge < -0.3 is 9.47 Å². The third kappa shape index (κ3) is 5.75. The van der Waals surface area contributed by atoms with Crippen molar-refractivity contribution in [3.63, 3.8) is 0 Å². The van der Waals surface area contributed by atoms with Crippen LogP contribution in [-0.2, 0) is 27.4 Å². The number of amides is 2. The number of thioether (sulfide) groups is 1. The molecule has 7 nitrogen and oxygen atoms in total. The first-order chi connectivity index (χ1) is 16.9. The molecule has 1 saturated heterocycles. The second-order valence-corrected chi connectivity index (χ2v) is 9.04. The summed E-state index contributed by atoms with van der Waals surface area (Å²) in [7, 11) is 0. The summed E-state index contributed by atoms with van der Waals surface area (Å²) in [6.07, 6.45) is -0.0718. The van der Waals surface area contributed by atoms with E-state index >= 15 is 0 Å². The number of Topliss-reactive ketones (excluding diaryl/α,β-unsaturated/α-hetero) is 1. The predicted octanol–water partition coefficient (Wildman–Crippen LogP) is 4.10. The van der Waals surface area contributed by atoms with E-state index in [9.17, 15) is 23.6 Å². The third-order valence-electron chi connectivity index (χ3n) is 5.30. The van der Waals surface area contributed by atoms with Crippen LogP contribution in [0.4, 0.5) is 9.18 Å². The van der Waals surface area contributed by atoms with Gasteiger partial charge in [0.25, 0.3) is 11.1 Å². The summed E-state index contributed by atoms with van der Waals surface area (Å²) >= 11 is 0.599. The first-order valence-electron chi connectivity index (χ1n) is 10.6. The normalized spacial score (nSPS) is 17.1. The molecule has 4 rings (SSSR count). The average Bonchev–Trinajstić information content (AvgIpc) is 3.16. The number of ketones is 1. The van der Waals surface area contributed by atoms with Crippen LogP contribution in [0, 0.1) is 5.82 Å². The minimum absolute atomic E-state index is 0.0294. The van der Waals surface area contributed by atoms with E-state index in [-0.39, 0.29) is 25.4 Å². The number of hydrogen-bond donors (Lipinski definition) is 1. The van der Waals surface area contributed by atoms with Crippen LogP contribution in [-0.4, -0.2) is 34.3 Å². The van der Waals surface area contributed by atoms with E-state index in [0.717, 1.165) is 5.56 Å². The summed E-state index contributed by atoms with van der Waals surface area (Å²) in [6.45, 7) is -0.272. The number of carbonyl (C=O) groups excluding carboxylic acids is 4. The maximum absolute atomic E-state index is 13.0. The van der Waals surface area contributed by atoms with Gasteiger partial charge in [-0.3, -0.25) is 19.7 Å². The number of carbonyl (C=O) groups is 4. The smallest absolute Gasteiger partial charge is 0.333 e. The van der Waals surface area contributed by atoms with Crippen LogP contribution in [0.25, 0.3) is 0 Å². The van der Waals surface area contributed by atoms with E-state index in [1.165, 1.54) is 24.3 Å². The molecule has 0 saturated carbocycles. The minimum Gasteiger partial charge on any atom is -0.485 e. The Morgan fingerprint density at radius 2 is 1.57 bits per heavy atom. The van der Waals surface area contributed by atoms with Crippen LogP contribution in [0.5, 0.6) is 5.75 Å². The van der Waals surface area contributed by atoms with Gasteiger partial charge in [-0.15, -0.1) is 0 Å². The molecule has 0 aromatic heterocycles. The van der Waals surface area contributed by atoms with Gasteiger partial charge in [0.05, 0.1) is 0 Å².